The van der Waals surface area contributed by atoms with Gasteiger partial charge in [-0.1, -0.05) is 47.5 Å². The molecule has 1 aliphatic rings. The van der Waals surface area contributed by atoms with Crippen LogP contribution in [0.5, 0.6) is 0 Å². The van der Waals surface area contributed by atoms with Crippen LogP contribution >= 0.6 is 0 Å². The van der Waals surface area contributed by atoms with Crippen LogP contribution in [0.3, 0.4) is 0 Å². The van der Waals surface area contributed by atoms with Crippen molar-refractivity contribution in [1.29, 1.82) is 0 Å². The van der Waals surface area contributed by atoms with Crippen LogP contribution in [0.2, 0.25) is 0 Å². The first-order chi connectivity index (χ1) is 17.4. The maximum absolute atomic E-state index is 13.3. The van der Waals surface area contributed by atoms with Gasteiger partial charge in [0.1, 0.15) is 5.92 Å². The van der Waals surface area contributed by atoms with Gasteiger partial charge in [0.2, 0.25) is 0 Å². The molecule has 37 heavy (non-hydrogen) atoms. The molecule has 0 aliphatic heterocycles. The Morgan fingerprint density at radius 2 is 1.49 bits per heavy atom. The van der Waals surface area contributed by atoms with Crippen LogP contribution in [0.1, 0.15) is 49.8 Å². The number of carbonyl (C=O) groups excluding carboxylic acids is 2. The molecular formula is C27H34N2O7S. The molecule has 1 fully saturated rings. The third-order valence-electron chi connectivity index (χ3n) is 6.47. The number of benzene rings is 2. The van der Waals surface area contributed by atoms with Crippen molar-refractivity contribution in [3.63, 3.8) is 0 Å². The van der Waals surface area contributed by atoms with Gasteiger partial charge in [0.15, 0.2) is 0 Å². The lowest BCUT2D eigenvalue weighted by atomic mass is 9.61. The highest BCUT2D eigenvalue weighted by molar-refractivity contribution is 7.89. The Morgan fingerprint density at radius 3 is 2.03 bits per heavy atom. The van der Waals surface area contributed by atoms with Crippen LogP contribution < -0.4 is 4.83 Å². The molecule has 4 atom stereocenters. The predicted molar refractivity (Wildman–Crippen MR) is 138 cm³/mol. The molecule has 3 rings (SSSR count). The van der Waals surface area contributed by atoms with E-state index in [2.05, 4.69) is 9.93 Å². The normalized spacial score (nSPS) is 24.9. The van der Waals surface area contributed by atoms with Gasteiger partial charge in [0.25, 0.3) is 10.0 Å². The van der Waals surface area contributed by atoms with Crippen molar-refractivity contribution in [2.24, 2.45) is 16.9 Å². The molecule has 0 aromatic heterocycles. The van der Waals surface area contributed by atoms with Crippen molar-refractivity contribution in [1.82, 2.24) is 4.83 Å². The van der Waals surface area contributed by atoms with E-state index >= 15 is 0 Å². The van der Waals surface area contributed by atoms with Gasteiger partial charge >= 0.3 is 11.9 Å². The van der Waals surface area contributed by atoms with E-state index in [-0.39, 0.29) is 30.2 Å². The number of nitrogens with one attached hydrogen (secondary N) is 1. The Hall–Kier alpha value is -3.24. The van der Waals surface area contributed by atoms with Crippen molar-refractivity contribution in [2.75, 3.05) is 13.2 Å². The molecule has 2 aromatic carbocycles. The first-order valence-electron chi connectivity index (χ1n) is 12.2. The number of hydrazone groups is 1. The molecule has 0 spiro atoms. The van der Waals surface area contributed by atoms with Crippen LogP contribution in [0.4, 0.5) is 0 Å². The van der Waals surface area contributed by atoms with Crippen LogP contribution in [0.25, 0.3) is 0 Å². The zero-order valence-electron chi connectivity index (χ0n) is 21.7. The average Bonchev–Trinajstić information content (AvgIpc) is 2.83. The highest BCUT2D eigenvalue weighted by Gasteiger charge is 2.56. The number of nitrogens with zero attached hydrogens (tertiary/aromatic N) is 1. The monoisotopic (exact) mass is 530 g/mol. The van der Waals surface area contributed by atoms with Gasteiger partial charge in [0.05, 0.1) is 35.3 Å². The summed E-state index contributed by atoms with van der Waals surface area (Å²) in [5.41, 5.74) is 0.813. The SMILES string of the molecule is CCOC(=O)[C@H]1/C(=N\NS(=O)(=O)c2ccc(C)cc2)C[C@](C)(O)[C@@H](C(=O)OCC)[C@H]1c1ccc(C)cc1. The van der Waals surface area contributed by atoms with E-state index in [1.807, 2.05) is 26.0 Å². The quantitative estimate of drug-likeness (QED) is 0.396. The van der Waals surface area contributed by atoms with Crippen LogP contribution in [0, 0.1) is 25.7 Å². The van der Waals surface area contributed by atoms with E-state index in [1.54, 1.807) is 38.1 Å². The number of esters is 2. The number of aliphatic hydroxyl groups is 1. The van der Waals surface area contributed by atoms with Crippen LogP contribution in [0.15, 0.2) is 58.5 Å². The Morgan fingerprint density at radius 1 is 0.973 bits per heavy atom. The second kappa shape index (κ2) is 11.4. The minimum Gasteiger partial charge on any atom is -0.466 e. The van der Waals surface area contributed by atoms with Gasteiger partial charge in [-0.25, -0.2) is 4.83 Å². The number of hydrogen-bond donors (Lipinski definition) is 2. The summed E-state index contributed by atoms with van der Waals surface area (Å²) in [4.78, 5) is 28.7. The maximum Gasteiger partial charge on any atom is 0.315 e. The number of aryl methyl sites for hydroxylation is 2. The second-order valence-corrected chi connectivity index (χ2v) is 11.1. The zero-order chi connectivity index (χ0) is 27.4. The summed E-state index contributed by atoms with van der Waals surface area (Å²) in [5.74, 6) is -4.52. The molecule has 10 heteroatoms. The number of sulfonamides is 1. The summed E-state index contributed by atoms with van der Waals surface area (Å²) >= 11 is 0. The van der Waals surface area contributed by atoms with Crippen molar-refractivity contribution in [2.45, 2.75) is 57.5 Å². The van der Waals surface area contributed by atoms with Crippen molar-refractivity contribution < 1.29 is 32.6 Å². The summed E-state index contributed by atoms with van der Waals surface area (Å²) in [5, 5.41) is 15.6. The molecular weight excluding hydrogens is 496 g/mol. The summed E-state index contributed by atoms with van der Waals surface area (Å²) in [7, 11) is -4.06. The fourth-order valence-electron chi connectivity index (χ4n) is 4.69. The van der Waals surface area contributed by atoms with E-state index < -0.39 is 45.3 Å². The Balaban J connectivity index is 2.15. The van der Waals surface area contributed by atoms with Crippen molar-refractivity contribution in [3.05, 3.63) is 65.2 Å². The van der Waals surface area contributed by atoms with Crippen molar-refractivity contribution >= 4 is 27.7 Å². The molecule has 0 bridgehead atoms. The molecule has 0 unspecified atom stereocenters. The lowest BCUT2D eigenvalue weighted by molar-refractivity contribution is -0.163. The van der Waals surface area contributed by atoms with Gasteiger partial charge < -0.3 is 14.6 Å². The van der Waals surface area contributed by atoms with Gasteiger partial charge in [0, 0.05) is 12.3 Å². The van der Waals surface area contributed by atoms with Crippen LogP contribution in [-0.4, -0.2) is 50.0 Å². The van der Waals surface area contributed by atoms with Gasteiger partial charge in [-0.05, 0) is 52.3 Å². The Kier molecular flexibility index (Phi) is 8.76. The summed E-state index contributed by atoms with van der Waals surface area (Å²) in [6.07, 6.45) is -0.251. The molecule has 200 valence electrons. The van der Waals surface area contributed by atoms with Gasteiger partial charge in [-0.15, -0.1) is 0 Å². The smallest absolute Gasteiger partial charge is 0.315 e. The van der Waals surface area contributed by atoms with Crippen molar-refractivity contribution in [3.8, 4) is 0 Å². The molecule has 2 N–H and O–H groups in total. The lowest BCUT2D eigenvalue weighted by Gasteiger charge is -2.45. The molecule has 0 saturated heterocycles. The summed E-state index contributed by atoms with van der Waals surface area (Å²) in [6.45, 7) is 8.67. The predicted octanol–water partition coefficient (Wildman–Crippen LogP) is 3.23. The number of hydrogen-bond acceptors (Lipinski definition) is 8. The number of rotatable bonds is 8. The fourth-order valence-corrected chi connectivity index (χ4v) is 5.53. The molecule has 0 amide bonds. The van der Waals surface area contributed by atoms with Gasteiger partial charge in [-0.2, -0.15) is 13.5 Å². The topological polar surface area (TPSA) is 131 Å². The molecule has 1 aliphatic carbocycles. The van der Waals surface area contributed by atoms with E-state index in [9.17, 15) is 23.1 Å². The third kappa shape index (κ3) is 6.37. The largest absolute Gasteiger partial charge is 0.466 e. The second-order valence-electron chi connectivity index (χ2n) is 9.44. The van der Waals surface area contributed by atoms with Crippen LogP contribution in [-0.2, 0) is 29.1 Å². The fraction of sp³-hybridized carbons (Fsp3) is 0.444. The van der Waals surface area contributed by atoms with E-state index in [4.69, 9.17) is 9.47 Å². The molecule has 2 aromatic rings. The highest BCUT2D eigenvalue weighted by atomic mass is 32.2. The minimum absolute atomic E-state index is 0.00260. The number of ether oxygens (including phenoxy) is 2. The molecule has 0 heterocycles. The summed E-state index contributed by atoms with van der Waals surface area (Å²) < 4.78 is 36.5. The number of carbonyl (C=O) groups is 2. The van der Waals surface area contributed by atoms with E-state index in [0.29, 0.717) is 5.56 Å². The highest BCUT2D eigenvalue weighted by Crippen LogP contribution is 2.47. The van der Waals surface area contributed by atoms with E-state index in [1.165, 1.54) is 19.1 Å². The standard InChI is InChI=1S/C27H34N2O7S/c1-6-35-25(30)23-21(28-29-37(33,34)20-14-10-18(4)11-15-20)16-27(5,32)24(26(31)36-7-2)22(23)19-12-8-17(3)9-13-19/h8-15,22-24,29,32H,6-7,16H2,1-5H3/b28-21-/t22-,23-,24+,27-/m0/s1. The lowest BCUT2D eigenvalue weighted by Crippen LogP contribution is -2.55. The van der Waals surface area contributed by atoms with E-state index in [0.717, 1.165) is 11.1 Å². The Labute approximate surface area is 217 Å². The third-order valence-corrected chi connectivity index (χ3v) is 7.69. The zero-order valence-corrected chi connectivity index (χ0v) is 22.5. The molecule has 1 saturated carbocycles. The molecule has 0 radical (unpaired) electrons. The summed E-state index contributed by atoms with van der Waals surface area (Å²) in [6, 6.07) is 13.4. The maximum atomic E-state index is 13.3. The molecule has 9 nitrogen and oxygen atoms in total. The first kappa shape index (κ1) is 28.3. The van der Waals surface area contributed by atoms with Gasteiger partial charge in [-0.3, -0.25) is 9.59 Å². The average molecular weight is 531 g/mol. The first-order valence-corrected chi connectivity index (χ1v) is 13.7. The Bertz CT molecular complexity index is 1250. The minimum atomic E-state index is -4.06.